The molecule has 6 aromatic rings. The highest BCUT2D eigenvalue weighted by molar-refractivity contribution is 7.33. The second-order valence-electron chi connectivity index (χ2n) is 21.1. The second kappa shape index (κ2) is 11.7. The molecule has 0 fully saturated rings. The first kappa shape index (κ1) is 36.1. The average molecular weight is 753 g/mol. The predicted octanol–water partition coefficient (Wildman–Crippen LogP) is 13.0. The standard InChI is InChI=1S/C52H57BN2S/c1-48(2,3)35-18-13-14-19-40(35)55-42-21-16-20-41-45(42)53(47-46(55)33-17-12-15-22-44(33)56-47)39-30-37-38(52(10,11)28-27-51(37,8)9)31-43(39)54(41)32-23-24-34-36(29-32)50(6,7)26-25-49(34,4)5/h12-24,29-31H,25-28H2,1-11H3. The largest absolute Gasteiger partial charge is 0.311 e. The van der Waals surface area contributed by atoms with Gasteiger partial charge in [-0.25, -0.2) is 0 Å². The van der Waals surface area contributed by atoms with E-state index in [4.69, 9.17) is 0 Å². The van der Waals surface area contributed by atoms with Gasteiger partial charge in [-0.1, -0.05) is 131 Å². The minimum Gasteiger partial charge on any atom is -0.311 e. The van der Waals surface area contributed by atoms with Gasteiger partial charge >= 0.3 is 0 Å². The van der Waals surface area contributed by atoms with E-state index in [1.54, 1.807) is 0 Å². The second-order valence-corrected chi connectivity index (χ2v) is 22.2. The molecule has 0 saturated heterocycles. The van der Waals surface area contributed by atoms with Gasteiger partial charge in [0.15, 0.2) is 0 Å². The zero-order chi connectivity index (χ0) is 39.3. The summed E-state index contributed by atoms with van der Waals surface area (Å²) in [4.78, 5) is 5.32. The Morgan fingerprint density at radius 1 is 0.536 bits per heavy atom. The quantitative estimate of drug-likeness (QED) is 0.162. The van der Waals surface area contributed by atoms with Crippen molar-refractivity contribution in [2.24, 2.45) is 0 Å². The van der Waals surface area contributed by atoms with Gasteiger partial charge in [-0.3, -0.25) is 0 Å². The van der Waals surface area contributed by atoms with Crippen LogP contribution in [0.2, 0.25) is 0 Å². The van der Waals surface area contributed by atoms with Crippen molar-refractivity contribution in [2.45, 2.75) is 129 Å². The van der Waals surface area contributed by atoms with Crippen LogP contribution >= 0.6 is 11.3 Å². The van der Waals surface area contributed by atoms with Crippen molar-refractivity contribution in [1.82, 2.24) is 0 Å². The topological polar surface area (TPSA) is 6.48 Å². The third-order valence-corrected chi connectivity index (χ3v) is 15.7. The molecule has 4 heteroatoms. The number of nitrogens with zero attached hydrogens (tertiary/aromatic N) is 2. The van der Waals surface area contributed by atoms with Gasteiger partial charge < -0.3 is 9.80 Å². The third-order valence-electron chi connectivity index (χ3n) is 14.5. The first-order valence-electron chi connectivity index (χ1n) is 21.1. The number of fused-ring (bicyclic) bond motifs is 8. The summed E-state index contributed by atoms with van der Waals surface area (Å²) in [6.45, 7) is 26.9. The summed E-state index contributed by atoms with van der Waals surface area (Å²) < 4.78 is 2.81. The fraction of sp³-hybridized carbons (Fsp3) is 0.385. The molecule has 0 N–H and O–H groups in total. The van der Waals surface area contributed by atoms with Crippen LogP contribution in [0.15, 0.2) is 97.1 Å². The van der Waals surface area contributed by atoms with Crippen molar-refractivity contribution in [3.8, 4) is 0 Å². The van der Waals surface area contributed by atoms with Gasteiger partial charge in [0, 0.05) is 43.3 Å². The van der Waals surface area contributed by atoms with Gasteiger partial charge in [0.1, 0.15) is 0 Å². The number of benzene rings is 5. The van der Waals surface area contributed by atoms with Crippen molar-refractivity contribution < 1.29 is 0 Å². The van der Waals surface area contributed by atoms with Crippen LogP contribution in [0.25, 0.3) is 10.1 Å². The Morgan fingerprint density at radius 3 is 1.77 bits per heavy atom. The summed E-state index contributed by atoms with van der Waals surface area (Å²) in [6, 6.07) is 38.3. The molecule has 0 saturated carbocycles. The van der Waals surface area contributed by atoms with Crippen LogP contribution in [0.4, 0.5) is 34.1 Å². The van der Waals surface area contributed by atoms with Gasteiger partial charge in [0.05, 0.1) is 5.69 Å². The van der Waals surface area contributed by atoms with E-state index >= 15 is 0 Å². The van der Waals surface area contributed by atoms with Crippen LogP contribution in [-0.4, -0.2) is 6.71 Å². The van der Waals surface area contributed by atoms with E-state index < -0.39 is 0 Å². The fourth-order valence-electron chi connectivity index (χ4n) is 11.0. The molecule has 3 heterocycles. The molecule has 0 spiro atoms. The first-order valence-corrected chi connectivity index (χ1v) is 21.9. The Balaban J connectivity index is 1.33. The molecule has 10 rings (SSSR count). The fourth-order valence-corrected chi connectivity index (χ4v) is 12.3. The predicted molar refractivity (Wildman–Crippen MR) is 245 cm³/mol. The Morgan fingerprint density at radius 2 is 1.09 bits per heavy atom. The van der Waals surface area contributed by atoms with Crippen molar-refractivity contribution in [1.29, 1.82) is 0 Å². The highest BCUT2D eigenvalue weighted by Crippen LogP contribution is 2.54. The Bertz CT molecular complexity index is 2610. The Hall–Kier alpha value is -4.28. The molecule has 2 nitrogen and oxygen atoms in total. The summed E-state index contributed by atoms with van der Waals surface area (Å²) in [7, 11) is 0. The lowest BCUT2D eigenvalue weighted by molar-refractivity contribution is 0.332. The number of rotatable bonds is 2. The number of hydrogen-bond acceptors (Lipinski definition) is 3. The summed E-state index contributed by atoms with van der Waals surface area (Å²) in [6.07, 6.45) is 4.81. The van der Waals surface area contributed by atoms with Crippen molar-refractivity contribution in [3.63, 3.8) is 0 Å². The third kappa shape index (κ3) is 5.06. The molecule has 0 unspecified atom stereocenters. The van der Waals surface area contributed by atoms with Crippen LogP contribution in [0.3, 0.4) is 0 Å². The molecule has 0 bridgehead atoms. The highest BCUT2D eigenvalue weighted by Gasteiger charge is 2.48. The molecular weight excluding hydrogens is 695 g/mol. The molecule has 5 aromatic carbocycles. The van der Waals surface area contributed by atoms with Crippen LogP contribution in [-0.2, 0) is 27.1 Å². The monoisotopic (exact) mass is 752 g/mol. The number of para-hydroxylation sites is 1. The van der Waals surface area contributed by atoms with E-state index in [1.807, 2.05) is 11.3 Å². The van der Waals surface area contributed by atoms with Gasteiger partial charge in [-0.05, 0) is 134 Å². The SMILES string of the molecule is CC(C)(C)c1ccccc1N1c2cccc3c2B(c2cc4c(cc2N3c2ccc3c(c2)C(C)(C)CCC3(C)C)C(C)(C)CCC4(C)C)c2sc3ccccc3c21. The number of thiophene rings is 1. The maximum atomic E-state index is 2.68. The number of anilines is 6. The Labute approximate surface area is 340 Å². The zero-order valence-corrected chi connectivity index (χ0v) is 36.3. The average Bonchev–Trinajstić information content (AvgIpc) is 3.54. The van der Waals surface area contributed by atoms with Crippen LogP contribution < -0.4 is 25.5 Å². The van der Waals surface area contributed by atoms with Crippen molar-refractivity contribution in [3.05, 3.63) is 125 Å². The number of hydrogen-bond donors (Lipinski definition) is 0. The molecule has 4 aliphatic rings. The molecule has 0 radical (unpaired) electrons. The van der Waals surface area contributed by atoms with Crippen LogP contribution in [0, 0.1) is 0 Å². The molecule has 56 heavy (non-hydrogen) atoms. The van der Waals surface area contributed by atoms with E-state index in [-0.39, 0.29) is 33.8 Å². The minimum atomic E-state index is -0.0337. The minimum absolute atomic E-state index is 0.0337. The summed E-state index contributed by atoms with van der Waals surface area (Å²) in [5.74, 6) is 0. The van der Waals surface area contributed by atoms with Crippen LogP contribution in [0.5, 0.6) is 0 Å². The van der Waals surface area contributed by atoms with E-state index in [9.17, 15) is 0 Å². The molecule has 1 aromatic heterocycles. The van der Waals surface area contributed by atoms with E-state index in [1.165, 1.54) is 113 Å². The molecule has 284 valence electrons. The van der Waals surface area contributed by atoms with Gasteiger partial charge in [0.25, 0.3) is 6.71 Å². The summed E-state index contributed by atoms with van der Waals surface area (Å²) in [5, 5.41) is 1.34. The van der Waals surface area contributed by atoms with Gasteiger partial charge in [0.2, 0.25) is 0 Å². The van der Waals surface area contributed by atoms with Crippen LogP contribution in [0.1, 0.15) is 130 Å². The lowest BCUT2D eigenvalue weighted by Gasteiger charge is -2.47. The van der Waals surface area contributed by atoms with Gasteiger partial charge in [-0.15, -0.1) is 11.3 Å². The molecule has 0 amide bonds. The Kier molecular flexibility index (Phi) is 7.51. The van der Waals surface area contributed by atoms with E-state index in [2.05, 4.69) is 183 Å². The smallest absolute Gasteiger partial charge is 0.264 e. The summed E-state index contributed by atoms with van der Waals surface area (Å²) >= 11 is 2.01. The normalized spacial score (nSPS) is 19.5. The molecule has 2 aliphatic carbocycles. The van der Waals surface area contributed by atoms with Gasteiger partial charge in [-0.2, -0.15) is 0 Å². The first-order chi connectivity index (χ1) is 26.4. The maximum Gasteiger partial charge on any atom is 0.264 e. The molecule has 2 aliphatic heterocycles. The maximum absolute atomic E-state index is 2.68. The van der Waals surface area contributed by atoms with Crippen molar-refractivity contribution >= 4 is 78.0 Å². The van der Waals surface area contributed by atoms with E-state index in [0.717, 1.165) is 0 Å². The lowest BCUT2D eigenvalue weighted by Crippen LogP contribution is -2.61. The summed E-state index contributed by atoms with van der Waals surface area (Å²) in [5.41, 5.74) is 18.6. The highest BCUT2D eigenvalue weighted by atomic mass is 32.1. The van der Waals surface area contributed by atoms with E-state index in [0.29, 0.717) is 0 Å². The molecule has 0 atom stereocenters. The molecular formula is C52H57BN2S. The zero-order valence-electron chi connectivity index (χ0n) is 35.4. The lowest BCUT2D eigenvalue weighted by atomic mass is 9.35. The van der Waals surface area contributed by atoms with Crippen molar-refractivity contribution in [2.75, 3.05) is 9.80 Å².